The molecule has 1 N–H and O–H groups in total. The molecule has 0 atom stereocenters. The summed E-state index contributed by atoms with van der Waals surface area (Å²) in [6.07, 6.45) is 5.72. The second kappa shape index (κ2) is 10.4. The lowest BCUT2D eigenvalue weighted by Gasteiger charge is -2.02. The van der Waals surface area contributed by atoms with Gasteiger partial charge in [-0.15, -0.1) is 0 Å². The van der Waals surface area contributed by atoms with Crippen molar-refractivity contribution in [3.05, 3.63) is 71.8 Å². The second-order valence-corrected chi connectivity index (χ2v) is 5.01. The lowest BCUT2D eigenvalue weighted by Crippen LogP contribution is -2.10. The van der Waals surface area contributed by atoms with Gasteiger partial charge in [0, 0.05) is 0 Å². The Kier molecular flexibility index (Phi) is 8.36. The monoisotopic (exact) mass is 296 g/mol. The zero-order valence-corrected chi connectivity index (χ0v) is 13.3. The molecular weight excluding hydrogens is 272 g/mol. The van der Waals surface area contributed by atoms with Crippen molar-refractivity contribution < 1.29 is 9.90 Å². The van der Waals surface area contributed by atoms with E-state index in [1.807, 2.05) is 50.2 Å². The van der Waals surface area contributed by atoms with Crippen LogP contribution in [0.2, 0.25) is 0 Å². The zero-order chi connectivity index (χ0) is 16.2. The highest BCUT2D eigenvalue weighted by Gasteiger charge is 2.10. The quantitative estimate of drug-likeness (QED) is 0.754. The fraction of sp³-hybridized carbons (Fsp3) is 0.250. The van der Waals surface area contributed by atoms with Gasteiger partial charge >= 0.3 is 5.97 Å². The first-order chi connectivity index (χ1) is 10.7. The van der Waals surface area contributed by atoms with Crippen LogP contribution in [0.1, 0.15) is 37.8 Å². The molecule has 2 nitrogen and oxygen atoms in total. The van der Waals surface area contributed by atoms with Crippen molar-refractivity contribution in [3.8, 4) is 0 Å². The number of benzene rings is 2. The van der Waals surface area contributed by atoms with Crippen LogP contribution < -0.4 is 0 Å². The number of carboxylic acids is 1. The molecule has 0 aliphatic heterocycles. The molecule has 0 bridgehead atoms. The Hall–Kier alpha value is -2.35. The third-order valence-corrected chi connectivity index (χ3v) is 3.40. The number of hydrogen-bond donors (Lipinski definition) is 1. The molecule has 0 aliphatic carbocycles. The normalized spacial score (nSPS) is 10.3. The second-order valence-electron chi connectivity index (χ2n) is 5.01. The summed E-state index contributed by atoms with van der Waals surface area (Å²) < 4.78 is 0. The van der Waals surface area contributed by atoms with Crippen LogP contribution in [0.3, 0.4) is 0 Å². The van der Waals surface area contributed by atoms with Crippen LogP contribution in [-0.2, 0) is 4.79 Å². The summed E-state index contributed by atoms with van der Waals surface area (Å²) in [5.74, 6) is -0.801. The first-order valence-corrected chi connectivity index (χ1v) is 7.68. The largest absolute Gasteiger partial charge is 0.481 e. The van der Waals surface area contributed by atoms with Gasteiger partial charge in [-0.3, -0.25) is 4.79 Å². The first kappa shape index (κ1) is 17.7. The van der Waals surface area contributed by atoms with Gasteiger partial charge in [0.15, 0.2) is 0 Å². The van der Waals surface area contributed by atoms with Crippen LogP contribution in [0.4, 0.5) is 0 Å². The molecule has 0 heterocycles. The topological polar surface area (TPSA) is 37.3 Å². The number of carbonyl (C=O) groups is 1. The van der Waals surface area contributed by atoms with E-state index in [1.54, 1.807) is 0 Å². The maximum Gasteiger partial charge on any atom is 0.306 e. The SMILES string of the molecule is C(=Cc1ccccc1)c1ccccc1.CCC(CC)C(=O)O. The molecule has 0 unspecified atom stereocenters. The van der Waals surface area contributed by atoms with E-state index in [2.05, 4.69) is 36.4 Å². The van der Waals surface area contributed by atoms with E-state index in [0.29, 0.717) is 0 Å². The predicted octanol–water partition coefficient (Wildman–Crippen LogP) is 5.36. The number of carboxylic acid groups (broad SMARTS) is 1. The molecule has 0 amide bonds. The van der Waals surface area contributed by atoms with Gasteiger partial charge in [-0.2, -0.15) is 0 Å². The average Bonchev–Trinajstić information content (AvgIpc) is 2.56. The summed E-state index contributed by atoms with van der Waals surface area (Å²) in [5.41, 5.74) is 2.47. The maximum absolute atomic E-state index is 10.2. The van der Waals surface area contributed by atoms with Crippen molar-refractivity contribution in [1.82, 2.24) is 0 Å². The number of rotatable bonds is 5. The fourth-order valence-electron chi connectivity index (χ4n) is 1.96. The van der Waals surface area contributed by atoms with Crippen molar-refractivity contribution in [2.45, 2.75) is 26.7 Å². The van der Waals surface area contributed by atoms with Crippen LogP contribution in [0.25, 0.3) is 12.2 Å². The minimum atomic E-state index is -0.671. The Labute approximate surface area is 133 Å². The highest BCUT2D eigenvalue weighted by atomic mass is 16.4. The van der Waals surface area contributed by atoms with Gasteiger partial charge in [-0.05, 0) is 24.0 Å². The third kappa shape index (κ3) is 6.89. The molecule has 0 aliphatic rings. The van der Waals surface area contributed by atoms with Crippen molar-refractivity contribution in [2.24, 2.45) is 5.92 Å². The van der Waals surface area contributed by atoms with E-state index < -0.39 is 5.97 Å². The Balaban J connectivity index is 0.000000261. The predicted molar refractivity (Wildman–Crippen MR) is 93.5 cm³/mol. The molecule has 2 aromatic carbocycles. The molecule has 0 aromatic heterocycles. The molecule has 0 radical (unpaired) electrons. The van der Waals surface area contributed by atoms with Crippen molar-refractivity contribution in [3.63, 3.8) is 0 Å². The fourth-order valence-corrected chi connectivity index (χ4v) is 1.96. The summed E-state index contributed by atoms with van der Waals surface area (Å²) in [4.78, 5) is 10.2. The van der Waals surface area contributed by atoms with Crippen molar-refractivity contribution >= 4 is 18.1 Å². The van der Waals surface area contributed by atoms with Crippen LogP contribution in [0.5, 0.6) is 0 Å². The van der Waals surface area contributed by atoms with Crippen molar-refractivity contribution in [1.29, 1.82) is 0 Å². The summed E-state index contributed by atoms with van der Waals surface area (Å²) in [5, 5.41) is 8.37. The summed E-state index contributed by atoms with van der Waals surface area (Å²) in [6, 6.07) is 20.6. The Morgan fingerprint density at radius 3 is 1.45 bits per heavy atom. The zero-order valence-electron chi connectivity index (χ0n) is 13.3. The highest BCUT2D eigenvalue weighted by molar-refractivity contribution is 5.70. The van der Waals surface area contributed by atoms with Gasteiger partial charge in [0.05, 0.1) is 5.92 Å². The van der Waals surface area contributed by atoms with Gasteiger partial charge in [0.2, 0.25) is 0 Å². The average molecular weight is 296 g/mol. The molecule has 116 valence electrons. The molecule has 2 heteroatoms. The van der Waals surface area contributed by atoms with E-state index in [1.165, 1.54) is 11.1 Å². The Morgan fingerprint density at radius 1 is 0.864 bits per heavy atom. The van der Waals surface area contributed by atoms with Crippen molar-refractivity contribution in [2.75, 3.05) is 0 Å². The number of hydrogen-bond acceptors (Lipinski definition) is 1. The van der Waals surface area contributed by atoms with E-state index in [9.17, 15) is 4.79 Å². The minimum absolute atomic E-state index is 0.130. The van der Waals surface area contributed by atoms with E-state index in [4.69, 9.17) is 5.11 Å². The van der Waals surface area contributed by atoms with Crippen LogP contribution >= 0.6 is 0 Å². The minimum Gasteiger partial charge on any atom is -0.481 e. The lowest BCUT2D eigenvalue weighted by molar-refractivity contribution is -0.141. The summed E-state index contributed by atoms with van der Waals surface area (Å²) >= 11 is 0. The molecule has 0 saturated heterocycles. The van der Waals surface area contributed by atoms with Gasteiger partial charge in [-0.1, -0.05) is 86.7 Å². The van der Waals surface area contributed by atoms with Gasteiger partial charge in [0.25, 0.3) is 0 Å². The standard InChI is InChI=1S/C14H12.C6H12O2/c1-3-7-13(8-4-1)11-12-14-9-5-2-6-10-14;1-3-5(4-2)6(7)8/h1-12H;5H,3-4H2,1-2H3,(H,7,8). The van der Waals surface area contributed by atoms with E-state index >= 15 is 0 Å². The molecule has 22 heavy (non-hydrogen) atoms. The third-order valence-electron chi connectivity index (χ3n) is 3.40. The molecule has 0 saturated carbocycles. The highest BCUT2D eigenvalue weighted by Crippen LogP contribution is 2.07. The summed E-state index contributed by atoms with van der Waals surface area (Å²) in [7, 11) is 0. The molecule has 0 fully saturated rings. The smallest absolute Gasteiger partial charge is 0.306 e. The summed E-state index contributed by atoms with van der Waals surface area (Å²) in [6.45, 7) is 3.78. The van der Waals surface area contributed by atoms with E-state index in [0.717, 1.165) is 12.8 Å². The lowest BCUT2D eigenvalue weighted by atomic mass is 10.1. The number of aliphatic carboxylic acids is 1. The van der Waals surface area contributed by atoms with Gasteiger partial charge in [-0.25, -0.2) is 0 Å². The van der Waals surface area contributed by atoms with Crippen LogP contribution in [0, 0.1) is 5.92 Å². The maximum atomic E-state index is 10.2. The molecule has 2 rings (SSSR count). The molecule has 2 aromatic rings. The Morgan fingerprint density at radius 2 is 1.23 bits per heavy atom. The molecule has 0 spiro atoms. The first-order valence-electron chi connectivity index (χ1n) is 7.68. The van der Waals surface area contributed by atoms with Gasteiger partial charge < -0.3 is 5.11 Å². The van der Waals surface area contributed by atoms with E-state index in [-0.39, 0.29) is 5.92 Å². The Bertz CT molecular complexity index is 513. The van der Waals surface area contributed by atoms with Crippen LogP contribution in [0.15, 0.2) is 60.7 Å². The van der Waals surface area contributed by atoms with Crippen LogP contribution in [-0.4, -0.2) is 11.1 Å². The van der Waals surface area contributed by atoms with Gasteiger partial charge in [0.1, 0.15) is 0 Å². The molecular formula is C20H24O2.